The molecule has 2 unspecified atom stereocenters. The van der Waals surface area contributed by atoms with Crippen molar-refractivity contribution in [3.05, 3.63) is 0 Å². The summed E-state index contributed by atoms with van der Waals surface area (Å²) in [6.07, 6.45) is 2.30. The lowest BCUT2D eigenvalue weighted by molar-refractivity contribution is 0.171. The van der Waals surface area contributed by atoms with Crippen molar-refractivity contribution < 1.29 is 0 Å². The summed E-state index contributed by atoms with van der Waals surface area (Å²) in [5.41, 5.74) is 6.32. The Morgan fingerprint density at radius 2 is 1.64 bits per heavy atom. The molecule has 68 valence electrons. The van der Waals surface area contributed by atoms with Crippen molar-refractivity contribution in [1.29, 1.82) is 0 Å². The fourth-order valence-electron chi connectivity index (χ4n) is 1.42. The number of hydrogen-bond acceptors (Lipinski definition) is 1. The van der Waals surface area contributed by atoms with Crippen molar-refractivity contribution in [1.82, 2.24) is 0 Å². The molecule has 1 heteroatoms. The van der Waals surface area contributed by atoms with E-state index in [0.717, 1.165) is 12.3 Å². The second-order valence-electron chi connectivity index (χ2n) is 4.15. The summed E-state index contributed by atoms with van der Waals surface area (Å²) >= 11 is 0. The highest BCUT2D eigenvalue weighted by Gasteiger charge is 2.29. The molecule has 0 saturated heterocycles. The first-order valence-corrected chi connectivity index (χ1v) is 4.72. The predicted octanol–water partition coefficient (Wildman–Crippen LogP) is 2.80. The van der Waals surface area contributed by atoms with Crippen molar-refractivity contribution in [2.24, 2.45) is 17.1 Å². The van der Waals surface area contributed by atoms with E-state index >= 15 is 0 Å². The van der Waals surface area contributed by atoms with Crippen LogP contribution in [0, 0.1) is 11.3 Å². The zero-order valence-corrected chi connectivity index (χ0v) is 8.65. The number of nitrogens with two attached hydrogens (primary N) is 1. The molecule has 0 aliphatic heterocycles. The van der Waals surface area contributed by atoms with Crippen molar-refractivity contribution in [2.75, 3.05) is 0 Å². The maximum Gasteiger partial charge on any atom is 0.00901 e. The van der Waals surface area contributed by atoms with E-state index in [4.69, 9.17) is 5.73 Å². The molecule has 0 fully saturated rings. The highest BCUT2D eigenvalue weighted by atomic mass is 14.7. The monoisotopic (exact) mass is 157 g/mol. The van der Waals surface area contributed by atoms with Crippen LogP contribution in [0.4, 0.5) is 0 Å². The van der Waals surface area contributed by atoms with Gasteiger partial charge < -0.3 is 5.73 Å². The zero-order valence-electron chi connectivity index (χ0n) is 8.65. The predicted molar refractivity (Wildman–Crippen MR) is 51.5 cm³/mol. The van der Waals surface area contributed by atoms with Gasteiger partial charge >= 0.3 is 0 Å². The largest absolute Gasteiger partial charge is 0.327 e. The molecule has 0 spiro atoms. The molecular weight excluding hydrogens is 134 g/mol. The molecule has 2 atom stereocenters. The molecule has 0 rings (SSSR count). The van der Waals surface area contributed by atoms with E-state index in [1.54, 1.807) is 0 Å². The molecule has 0 aliphatic carbocycles. The van der Waals surface area contributed by atoms with Gasteiger partial charge in [-0.25, -0.2) is 0 Å². The number of rotatable bonds is 4. The minimum atomic E-state index is 0.295. The topological polar surface area (TPSA) is 26.0 Å². The van der Waals surface area contributed by atoms with Crippen LogP contribution in [0.15, 0.2) is 0 Å². The fourth-order valence-corrected chi connectivity index (χ4v) is 1.42. The number of hydrogen-bond donors (Lipinski definition) is 1. The van der Waals surface area contributed by atoms with E-state index in [0.29, 0.717) is 11.5 Å². The Morgan fingerprint density at radius 3 is 1.91 bits per heavy atom. The van der Waals surface area contributed by atoms with E-state index in [9.17, 15) is 0 Å². The first-order valence-electron chi connectivity index (χ1n) is 4.72. The Labute approximate surface area is 71.4 Å². The van der Waals surface area contributed by atoms with Crippen LogP contribution >= 0.6 is 0 Å². The second-order valence-corrected chi connectivity index (χ2v) is 4.15. The van der Waals surface area contributed by atoms with Crippen LogP contribution in [0.5, 0.6) is 0 Å². The molecule has 0 radical (unpaired) electrons. The maximum atomic E-state index is 6.03. The lowest BCUT2D eigenvalue weighted by Gasteiger charge is -2.36. The third-order valence-corrected chi connectivity index (χ3v) is 3.28. The molecule has 1 nitrogen and oxygen atoms in total. The molecule has 2 N–H and O–H groups in total. The summed E-state index contributed by atoms with van der Waals surface area (Å²) < 4.78 is 0. The zero-order chi connectivity index (χ0) is 9.07. The minimum absolute atomic E-state index is 0.295. The van der Waals surface area contributed by atoms with Gasteiger partial charge in [0.15, 0.2) is 0 Å². The van der Waals surface area contributed by atoms with Gasteiger partial charge in [-0.15, -0.1) is 0 Å². The highest BCUT2D eigenvalue weighted by Crippen LogP contribution is 2.32. The average Bonchev–Trinajstić information content (AvgIpc) is 2.01. The Bertz CT molecular complexity index is 95.4. The van der Waals surface area contributed by atoms with E-state index in [2.05, 4.69) is 34.6 Å². The van der Waals surface area contributed by atoms with Gasteiger partial charge in [-0.3, -0.25) is 0 Å². The first kappa shape index (κ1) is 11.0. The molecule has 0 aliphatic rings. The average molecular weight is 157 g/mol. The Morgan fingerprint density at radius 1 is 1.18 bits per heavy atom. The summed E-state index contributed by atoms with van der Waals surface area (Å²) in [5.74, 6) is 0.720. The summed E-state index contributed by atoms with van der Waals surface area (Å²) in [6.45, 7) is 11.2. The molecular formula is C10H23N. The standard InChI is InChI=1S/C10H23N/c1-6-8(3)10(4,5)9(11)7-2/h8-9H,6-7,11H2,1-5H3. The van der Waals surface area contributed by atoms with Gasteiger partial charge in [0.2, 0.25) is 0 Å². The van der Waals surface area contributed by atoms with Crippen molar-refractivity contribution in [3.63, 3.8) is 0 Å². The molecule has 0 aromatic carbocycles. The first-order chi connectivity index (χ1) is 4.96. The van der Waals surface area contributed by atoms with E-state index in [-0.39, 0.29) is 0 Å². The Balaban J connectivity index is 4.18. The van der Waals surface area contributed by atoms with Gasteiger partial charge in [0, 0.05) is 6.04 Å². The smallest absolute Gasteiger partial charge is 0.00901 e. The lowest BCUT2D eigenvalue weighted by atomic mass is 9.72. The molecule has 0 saturated carbocycles. The maximum absolute atomic E-state index is 6.03. The van der Waals surface area contributed by atoms with Gasteiger partial charge in [-0.1, -0.05) is 41.0 Å². The van der Waals surface area contributed by atoms with Gasteiger partial charge in [-0.2, -0.15) is 0 Å². The SMILES string of the molecule is CCC(C)C(C)(C)C(N)CC. The highest BCUT2D eigenvalue weighted by molar-refractivity contribution is 4.84. The lowest BCUT2D eigenvalue weighted by Crippen LogP contribution is -2.41. The van der Waals surface area contributed by atoms with Crippen molar-refractivity contribution in [2.45, 2.75) is 53.5 Å². The molecule has 0 amide bonds. The molecule has 0 aromatic rings. The van der Waals surface area contributed by atoms with E-state index in [1.165, 1.54) is 6.42 Å². The quantitative estimate of drug-likeness (QED) is 0.667. The van der Waals surface area contributed by atoms with Crippen LogP contribution in [0.3, 0.4) is 0 Å². The Kier molecular flexibility index (Phi) is 4.09. The summed E-state index contributed by atoms with van der Waals surface area (Å²) in [5, 5.41) is 0. The van der Waals surface area contributed by atoms with Crippen LogP contribution in [0.1, 0.15) is 47.5 Å². The van der Waals surface area contributed by atoms with Crippen molar-refractivity contribution >= 4 is 0 Å². The fraction of sp³-hybridized carbons (Fsp3) is 1.00. The van der Waals surface area contributed by atoms with Crippen LogP contribution < -0.4 is 5.73 Å². The third-order valence-electron chi connectivity index (χ3n) is 3.28. The van der Waals surface area contributed by atoms with Crippen LogP contribution in [-0.2, 0) is 0 Å². The minimum Gasteiger partial charge on any atom is -0.327 e. The van der Waals surface area contributed by atoms with Gasteiger partial charge in [0.05, 0.1) is 0 Å². The van der Waals surface area contributed by atoms with E-state index in [1.807, 2.05) is 0 Å². The molecule has 11 heavy (non-hydrogen) atoms. The van der Waals surface area contributed by atoms with Crippen LogP contribution in [-0.4, -0.2) is 6.04 Å². The summed E-state index contributed by atoms with van der Waals surface area (Å²) in [6, 6.07) is 0.345. The van der Waals surface area contributed by atoms with Crippen LogP contribution in [0.25, 0.3) is 0 Å². The van der Waals surface area contributed by atoms with Gasteiger partial charge in [0.1, 0.15) is 0 Å². The summed E-state index contributed by atoms with van der Waals surface area (Å²) in [4.78, 5) is 0. The van der Waals surface area contributed by atoms with Gasteiger partial charge in [0.25, 0.3) is 0 Å². The van der Waals surface area contributed by atoms with Gasteiger partial charge in [-0.05, 0) is 17.8 Å². The van der Waals surface area contributed by atoms with Crippen LogP contribution in [0.2, 0.25) is 0 Å². The third kappa shape index (κ3) is 2.48. The molecule has 0 bridgehead atoms. The van der Waals surface area contributed by atoms with E-state index < -0.39 is 0 Å². The normalized spacial score (nSPS) is 18.0. The molecule has 0 heterocycles. The van der Waals surface area contributed by atoms with Crippen molar-refractivity contribution in [3.8, 4) is 0 Å². The second kappa shape index (κ2) is 4.10. The summed E-state index contributed by atoms with van der Waals surface area (Å²) in [7, 11) is 0. The molecule has 0 aromatic heterocycles. The Hall–Kier alpha value is -0.0400.